The first-order chi connectivity index (χ1) is 10.7. The van der Waals surface area contributed by atoms with Crippen molar-refractivity contribution in [3.05, 3.63) is 59.4 Å². The van der Waals surface area contributed by atoms with Crippen LogP contribution in [0.4, 0.5) is 0 Å². The molecule has 3 heterocycles. The average Bonchev–Trinajstić information content (AvgIpc) is 3.23. The first-order valence-electron chi connectivity index (χ1n) is 6.58. The Kier molecular flexibility index (Phi) is 4.06. The summed E-state index contributed by atoms with van der Waals surface area (Å²) in [5.41, 5.74) is 5.22. The van der Waals surface area contributed by atoms with E-state index in [2.05, 4.69) is 25.7 Å². The number of pyridine rings is 1. The molecule has 0 aliphatic rings. The van der Waals surface area contributed by atoms with Gasteiger partial charge in [0.25, 0.3) is 5.91 Å². The number of hydrogen-bond donors (Lipinski definition) is 2. The van der Waals surface area contributed by atoms with Gasteiger partial charge in [-0.05, 0) is 36.6 Å². The van der Waals surface area contributed by atoms with Crippen LogP contribution in [0.2, 0.25) is 0 Å². The van der Waals surface area contributed by atoms with Gasteiger partial charge < -0.3 is 0 Å². The number of carbonyl (C=O) groups excluding carboxylic acids is 1. The number of H-pyrrole nitrogens is 1. The molecule has 6 nitrogen and oxygen atoms in total. The normalized spacial score (nSPS) is 11.4. The lowest BCUT2D eigenvalue weighted by atomic mass is 10.2. The van der Waals surface area contributed by atoms with Gasteiger partial charge in [-0.3, -0.25) is 14.9 Å². The Morgan fingerprint density at radius 3 is 2.86 bits per heavy atom. The van der Waals surface area contributed by atoms with E-state index in [4.69, 9.17) is 0 Å². The maximum atomic E-state index is 12.1. The number of amides is 1. The number of hydrazone groups is 1. The molecule has 3 aromatic rings. The third kappa shape index (κ3) is 3.09. The zero-order valence-electron chi connectivity index (χ0n) is 11.8. The topological polar surface area (TPSA) is 83.0 Å². The van der Waals surface area contributed by atoms with Crippen LogP contribution in [0.15, 0.2) is 53.2 Å². The summed E-state index contributed by atoms with van der Waals surface area (Å²) in [6.07, 6.45) is 3.36. The maximum Gasteiger partial charge on any atom is 0.291 e. The SMILES string of the molecule is CC(=NNC(=O)c1cc(-c2cccs2)[nH]n1)c1ccncc1. The molecule has 110 valence electrons. The van der Waals surface area contributed by atoms with Crippen LogP contribution in [0.3, 0.4) is 0 Å². The molecule has 1 amide bonds. The summed E-state index contributed by atoms with van der Waals surface area (Å²) in [5.74, 6) is -0.354. The van der Waals surface area contributed by atoms with Crippen LogP contribution in [0.1, 0.15) is 23.0 Å². The molecule has 3 aromatic heterocycles. The summed E-state index contributed by atoms with van der Waals surface area (Å²) in [6, 6.07) is 9.27. The van der Waals surface area contributed by atoms with Crippen LogP contribution < -0.4 is 5.43 Å². The van der Waals surface area contributed by atoms with Crippen LogP contribution in [0.5, 0.6) is 0 Å². The Balaban J connectivity index is 1.70. The molecule has 0 unspecified atom stereocenters. The molecule has 0 fully saturated rings. The fraction of sp³-hybridized carbons (Fsp3) is 0.0667. The Morgan fingerprint density at radius 2 is 2.14 bits per heavy atom. The summed E-state index contributed by atoms with van der Waals surface area (Å²) < 4.78 is 0. The largest absolute Gasteiger partial charge is 0.291 e. The lowest BCUT2D eigenvalue weighted by Gasteiger charge is -2.00. The molecule has 22 heavy (non-hydrogen) atoms. The number of aromatic amines is 1. The molecule has 3 rings (SSSR count). The van der Waals surface area contributed by atoms with Crippen LogP contribution in [-0.4, -0.2) is 26.8 Å². The number of thiophene rings is 1. The van der Waals surface area contributed by atoms with Gasteiger partial charge in [0.1, 0.15) is 0 Å². The van der Waals surface area contributed by atoms with Crippen molar-refractivity contribution in [3.63, 3.8) is 0 Å². The summed E-state index contributed by atoms with van der Waals surface area (Å²) in [4.78, 5) is 17.0. The number of nitrogens with one attached hydrogen (secondary N) is 2. The van der Waals surface area contributed by atoms with Gasteiger partial charge in [-0.25, -0.2) is 5.43 Å². The van der Waals surface area contributed by atoms with Crippen molar-refractivity contribution in [2.24, 2.45) is 5.10 Å². The molecule has 0 saturated carbocycles. The van der Waals surface area contributed by atoms with Crippen molar-refractivity contribution in [1.29, 1.82) is 0 Å². The molecule has 7 heteroatoms. The van der Waals surface area contributed by atoms with Crippen LogP contribution >= 0.6 is 11.3 Å². The minimum Gasteiger partial charge on any atom is -0.276 e. The smallest absolute Gasteiger partial charge is 0.276 e. The molecule has 0 atom stereocenters. The molecule has 0 aliphatic heterocycles. The second-order valence-corrected chi connectivity index (χ2v) is 5.47. The Bertz CT molecular complexity index is 792. The molecular formula is C15H13N5OS. The third-order valence-electron chi connectivity index (χ3n) is 3.02. The quantitative estimate of drug-likeness (QED) is 0.574. The van der Waals surface area contributed by atoms with E-state index < -0.39 is 0 Å². The first kappa shape index (κ1) is 14.2. The van der Waals surface area contributed by atoms with E-state index in [1.807, 2.05) is 36.6 Å². The molecule has 0 bridgehead atoms. The lowest BCUT2D eigenvalue weighted by Crippen LogP contribution is -2.19. The Morgan fingerprint density at radius 1 is 1.32 bits per heavy atom. The van der Waals surface area contributed by atoms with Gasteiger partial charge in [0, 0.05) is 18.0 Å². The van der Waals surface area contributed by atoms with E-state index >= 15 is 0 Å². The van der Waals surface area contributed by atoms with Crippen LogP contribution in [0.25, 0.3) is 10.6 Å². The van der Waals surface area contributed by atoms with E-state index in [1.165, 1.54) is 0 Å². The van der Waals surface area contributed by atoms with Crippen LogP contribution in [-0.2, 0) is 0 Å². The minimum atomic E-state index is -0.354. The van der Waals surface area contributed by atoms with Gasteiger partial charge >= 0.3 is 0 Å². The zero-order valence-corrected chi connectivity index (χ0v) is 12.6. The highest BCUT2D eigenvalue weighted by molar-refractivity contribution is 7.13. The molecule has 0 saturated heterocycles. The highest BCUT2D eigenvalue weighted by Crippen LogP contribution is 2.22. The molecular weight excluding hydrogens is 298 g/mol. The molecule has 0 aliphatic carbocycles. The number of carbonyl (C=O) groups is 1. The highest BCUT2D eigenvalue weighted by Gasteiger charge is 2.11. The van der Waals surface area contributed by atoms with E-state index in [-0.39, 0.29) is 5.91 Å². The van der Waals surface area contributed by atoms with E-state index in [0.717, 1.165) is 16.1 Å². The predicted molar refractivity (Wildman–Crippen MR) is 85.8 cm³/mol. The number of rotatable bonds is 4. The van der Waals surface area contributed by atoms with E-state index in [1.54, 1.807) is 29.8 Å². The Labute approximate surface area is 130 Å². The molecule has 2 N–H and O–H groups in total. The summed E-state index contributed by atoms with van der Waals surface area (Å²) in [7, 11) is 0. The van der Waals surface area contributed by atoms with Crippen molar-refractivity contribution >= 4 is 23.0 Å². The molecule has 0 radical (unpaired) electrons. The minimum absolute atomic E-state index is 0.301. The van der Waals surface area contributed by atoms with Crippen molar-refractivity contribution in [2.75, 3.05) is 0 Å². The van der Waals surface area contributed by atoms with Gasteiger partial charge in [-0.2, -0.15) is 10.2 Å². The van der Waals surface area contributed by atoms with Crippen molar-refractivity contribution < 1.29 is 4.79 Å². The number of aromatic nitrogens is 3. The average molecular weight is 311 g/mol. The van der Waals surface area contributed by atoms with Gasteiger partial charge in [-0.1, -0.05) is 6.07 Å². The second kappa shape index (κ2) is 6.31. The summed E-state index contributed by atoms with van der Waals surface area (Å²) in [5, 5.41) is 12.9. The standard InChI is InChI=1S/C15H13N5OS/c1-10(11-4-6-16-7-5-11)17-20-15(21)13-9-12(18-19-13)14-3-2-8-22-14/h2-9H,1H3,(H,18,19)(H,20,21). The van der Waals surface area contributed by atoms with Gasteiger partial charge in [0.15, 0.2) is 5.69 Å². The highest BCUT2D eigenvalue weighted by atomic mass is 32.1. The zero-order chi connectivity index (χ0) is 15.4. The predicted octanol–water partition coefficient (Wildman–Crippen LogP) is 2.69. The first-order valence-corrected chi connectivity index (χ1v) is 7.46. The molecule has 0 spiro atoms. The van der Waals surface area contributed by atoms with Gasteiger partial charge in [-0.15, -0.1) is 11.3 Å². The monoisotopic (exact) mass is 311 g/mol. The van der Waals surface area contributed by atoms with Crippen LogP contribution in [0, 0.1) is 0 Å². The number of hydrogen-bond acceptors (Lipinski definition) is 5. The van der Waals surface area contributed by atoms with E-state index in [0.29, 0.717) is 11.4 Å². The fourth-order valence-electron chi connectivity index (χ4n) is 1.85. The number of nitrogens with zero attached hydrogens (tertiary/aromatic N) is 3. The molecule has 0 aromatic carbocycles. The summed E-state index contributed by atoms with van der Waals surface area (Å²) >= 11 is 1.58. The second-order valence-electron chi connectivity index (χ2n) is 4.52. The Hall–Kier alpha value is -2.80. The van der Waals surface area contributed by atoms with Crippen molar-refractivity contribution in [2.45, 2.75) is 6.92 Å². The fourth-order valence-corrected chi connectivity index (χ4v) is 2.54. The van der Waals surface area contributed by atoms with E-state index in [9.17, 15) is 4.79 Å². The van der Waals surface area contributed by atoms with Crippen molar-refractivity contribution in [1.82, 2.24) is 20.6 Å². The van der Waals surface area contributed by atoms with Crippen molar-refractivity contribution in [3.8, 4) is 10.6 Å². The third-order valence-corrected chi connectivity index (χ3v) is 3.92. The van der Waals surface area contributed by atoms with Gasteiger partial charge in [0.2, 0.25) is 0 Å². The maximum absolute atomic E-state index is 12.1. The lowest BCUT2D eigenvalue weighted by molar-refractivity contribution is 0.0950. The van der Waals surface area contributed by atoms with Gasteiger partial charge in [0.05, 0.1) is 16.3 Å². The summed E-state index contributed by atoms with van der Waals surface area (Å²) in [6.45, 7) is 1.82.